The molecule has 126 valence electrons. The first-order valence-corrected chi connectivity index (χ1v) is 7.58. The summed E-state index contributed by atoms with van der Waals surface area (Å²) in [5, 5.41) is 8.81. The molecule has 0 bridgehead atoms. The summed E-state index contributed by atoms with van der Waals surface area (Å²) in [7, 11) is 1.35. The fourth-order valence-electron chi connectivity index (χ4n) is 2.55. The maximum Gasteiger partial charge on any atom is 0.338 e. The number of carbonyl (C=O) groups excluding carboxylic acids is 3. The molecule has 2 rings (SSSR count). The van der Waals surface area contributed by atoms with E-state index in [1.165, 1.54) is 19.2 Å². The molecule has 1 saturated heterocycles. The Morgan fingerprint density at radius 3 is 2.62 bits per heavy atom. The van der Waals surface area contributed by atoms with Crippen molar-refractivity contribution in [3.8, 4) is 6.07 Å². The molecule has 1 aromatic carbocycles. The smallest absolute Gasteiger partial charge is 0.338 e. The molecule has 7 nitrogen and oxygen atoms in total. The number of hydrogen-bond donors (Lipinski definition) is 0. The van der Waals surface area contributed by atoms with Gasteiger partial charge in [0, 0.05) is 13.1 Å². The number of rotatable bonds is 4. The van der Waals surface area contributed by atoms with Gasteiger partial charge in [0.25, 0.3) is 5.91 Å². The molecule has 0 atom stereocenters. The third-order valence-electron chi connectivity index (χ3n) is 3.94. The number of carbonyl (C=O) groups is 3. The Morgan fingerprint density at radius 1 is 1.29 bits per heavy atom. The van der Waals surface area contributed by atoms with Gasteiger partial charge < -0.3 is 14.4 Å². The summed E-state index contributed by atoms with van der Waals surface area (Å²) in [5.41, 5.74) is 0.576. The molecule has 0 N–H and O–H groups in total. The van der Waals surface area contributed by atoms with Crippen molar-refractivity contribution in [2.75, 3.05) is 26.8 Å². The van der Waals surface area contributed by atoms with Gasteiger partial charge in [-0.3, -0.25) is 9.59 Å². The predicted octanol–water partition coefficient (Wildman–Crippen LogP) is 1.13. The number of piperidine rings is 1. The quantitative estimate of drug-likeness (QED) is 0.768. The van der Waals surface area contributed by atoms with Gasteiger partial charge in [0.2, 0.25) is 0 Å². The summed E-state index contributed by atoms with van der Waals surface area (Å²) < 4.78 is 9.70. The fourth-order valence-corrected chi connectivity index (χ4v) is 2.55. The lowest BCUT2D eigenvalue weighted by Crippen LogP contribution is -2.42. The van der Waals surface area contributed by atoms with Crippen LogP contribution in [-0.4, -0.2) is 49.6 Å². The number of benzene rings is 1. The largest absolute Gasteiger partial charge is 0.469 e. The first-order chi connectivity index (χ1) is 11.5. The van der Waals surface area contributed by atoms with Crippen molar-refractivity contribution < 1.29 is 23.9 Å². The van der Waals surface area contributed by atoms with Crippen LogP contribution in [0.25, 0.3) is 0 Å². The van der Waals surface area contributed by atoms with Crippen LogP contribution in [0.2, 0.25) is 0 Å². The van der Waals surface area contributed by atoms with E-state index in [-0.39, 0.29) is 30.0 Å². The monoisotopic (exact) mass is 330 g/mol. The molecule has 0 saturated carbocycles. The van der Waals surface area contributed by atoms with Gasteiger partial charge in [-0.1, -0.05) is 6.07 Å². The van der Waals surface area contributed by atoms with Gasteiger partial charge in [-0.25, -0.2) is 4.79 Å². The van der Waals surface area contributed by atoms with E-state index in [0.717, 1.165) is 0 Å². The molecule has 0 unspecified atom stereocenters. The number of nitriles is 1. The van der Waals surface area contributed by atoms with Crippen LogP contribution in [0.5, 0.6) is 0 Å². The fraction of sp³-hybridized carbons (Fsp3) is 0.412. The maximum atomic E-state index is 12.1. The number of ether oxygens (including phenoxy) is 2. The lowest BCUT2D eigenvalue weighted by Gasteiger charge is -2.30. The minimum atomic E-state index is -0.648. The van der Waals surface area contributed by atoms with Crippen molar-refractivity contribution >= 4 is 17.8 Å². The molecule has 0 aliphatic carbocycles. The zero-order valence-electron chi connectivity index (χ0n) is 13.4. The first-order valence-electron chi connectivity index (χ1n) is 7.58. The van der Waals surface area contributed by atoms with Crippen LogP contribution in [0, 0.1) is 17.2 Å². The van der Waals surface area contributed by atoms with Gasteiger partial charge >= 0.3 is 11.9 Å². The minimum absolute atomic E-state index is 0.185. The standard InChI is InChI=1S/C17H18N2O5/c1-23-16(21)13-5-7-19(8-6-13)15(20)11-24-17(22)14-4-2-3-12(9-14)10-18/h2-4,9,13H,5-8,11H2,1H3. The Balaban J connectivity index is 1.82. The highest BCUT2D eigenvalue weighted by Gasteiger charge is 2.28. The third-order valence-corrected chi connectivity index (χ3v) is 3.94. The topological polar surface area (TPSA) is 96.7 Å². The van der Waals surface area contributed by atoms with Crippen LogP contribution in [0.3, 0.4) is 0 Å². The molecule has 0 radical (unpaired) electrons. The van der Waals surface area contributed by atoms with Gasteiger partial charge in [0.05, 0.1) is 30.2 Å². The van der Waals surface area contributed by atoms with E-state index < -0.39 is 5.97 Å². The SMILES string of the molecule is COC(=O)C1CCN(C(=O)COC(=O)c2cccc(C#N)c2)CC1. The molecular weight excluding hydrogens is 312 g/mol. The van der Waals surface area contributed by atoms with Gasteiger partial charge in [0.15, 0.2) is 6.61 Å². The van der Waals surface area contributed by atoms with Crippen molar-refractivity contribution in [1.82, 2.24) is 4.90 Å². The number of nitrogens with zero attached hydrogens (tertiary/aromatic N) is 2. The average molecular weight is 330 g/mol. The summed E-state index contributed by atoms with van der Waals surface area (Å²) in [6.07, 6.45) is 1.08. The van der Waals surface area contributed by atoms with Gasteiger partial charge in [-0.2, -0.15) is 5.26 Å². The van der Waals surface area contributed by atoms with Crippen molar-refractivity contribution in [3.63, 3.8) is 0 Å². The zero-order chi connectivity index (χ0) is 17.5. The second kappa shape index (κ2) is 8.11. The van der Waals surface area contributed by atoms with Crippen molar-refractivity contribution in [2.45, 2.75) is 12.8 Å². The van der Waals surface area contributed by atoms with E-state index in [4.69, 9.17) is 14.7 Å². The molecule has 0 aromatic heterocycles. The Morgan fingerprint density at radius 2 is 2.00 bits per heavy atom. The molecule has 7 heteroatoms. The van der Waals surface area contributed by atoms with Crippen molar-refractivity contribution in [1.29, 1.82) is 5.26 Å². The lowest BCUT2D eigenvalue weighted by atomic mass is 9.97. The van der Waals surface area contributed by atoms with Crippen molar-refractivity contribution in [2.24, 2.45) is 5.92 Å². The summed E-state index contributed by atoms with van der Waals surface area (Å²) in [6.45, 7) is 0.499. The number of amides is 1. The highest BCUT2D eigenvalue weighted by atomic mass is 16.5. The van der Waals surface area contributed by atoms with E-state index in [2.05, 4.69) is 0 Å². The molecule has 1 aliphatic rings. The van der Waals surface area contributed by atoms with Gasteiger partial charge in [-0.05, 0) is 31.0 Å². The number of likely N-dealkylation sites (tertiary alicyclic amines) is 1. The zero-order valence-corrected chi connectivity index (χ0v) is 13.4. The average Bonchev–Trinajstić information content (AvgIpc) is 2.65. The van der Waals surface area contributed by atoms with Crippen LogP contribution in [-0.2, 0) is 19.1 Å². The molecule has 1 heterocycles. The molecular formula is C17H18N2O5. The summed E-state index contributed by atoms with van der Waals surface area (Å²) in [4.78, 5) is 37.0. The van der Waals surface area contributed by atoms with Gasteiger partial charge in [0.1, 0.15) is 0 Å². The Bertz CT molecular complexity index is 672. The summed E-state index contributed by atoms with van der Waals surface area (Å²) in [6, 6.07) is 8.03. The summed E-state index contributed by atoms with van der Waals surface area (Å²) >= 11 is 0. The molecule has 1 amide bonds. The maximum absolute atomic E-state index is 12.1. The Kier molecular flexibility index (Phi) is 5.90. The van der Waals surface area contributed by atoms with E-state index >= 15 is 0 Å². The molecule has 1 aliphatic heterocycles. The van der Waals surface area contributed by atoms with Crippen LogP contribution in [0.15, 0.2) is 24.3 Å². The second-order valence-electron chi connectivity index (χ2n) is 5.45. The number of hydrogen-bond acceptors (Lipinski definition) is 6. The molecule has 0 spiro atoms. The van der Waals surface area contributed by atoms with Gasteiger partial charge in [-0.15, -0.1) is 0 Å². The number of esters is 2. The molecule has 1 fully saturated rings. The van der Waals surface area contributed by atoms with Crippen LogP contribution < -0.4 is 0 Å². The third kappa shape index (κ3) is 4.32. The minimum Gasteiger partial charge on any atom is -0.469 e. The summed E-state index contributed by atoms with van der Waals surface area (Å²) in [5.74, 6) is -1.39. The number of methoxy groups -OCH3 is 1. The Labute approximate surface area is 139 Å². The van der Waals surface area contributed by atoms with Crippen LogP contribution in [0.4, 0.5) is 0 Å². The molecule has 1 aromatic rings. The van der Waals surface area contributed by atoms with Crippen LogP contribution in [0.1, 0.15) is 28.8 Å². The van der Waals surface area contributed by atoms with Crippen molar-refractivity contribution in [3.05, 3.63) is 35.4 Å². The Hall–Kier alpha value is -2.88. The van der Waals surface area contributed by atoms with Crippen LogP contribution >= 0.6 is 0 Å². The lowest BCUT2D eigenvalue weighted by molar-refractivity contribution is -0.149. The molecule has 24 heavy (non-hydrogen) atoms. The van der Waals surface area contributed by atoms with E-state index in [1.807, 2.05) is 6.07 Å². The van der Waals surface area contributed by atoms with E-state index in [9.17, 15) is 14.4 Å². The van der Waals surface area contributed by atoms with E-state index in [1.54, 1.807) is 17.0 Å². The second-order valence-corrected chi connectivity index (χ2v) is 5.45. The first kappa shape index (κ1) is 17.5. The highest BCUT2D eigenvalue weighted by Crippen LogP contribution is 2.18. The highest BCUT2D eigenvalue weighted by molar-refractivity contribution is 5.91. The van der Waals surface area contributed by atoms with E-state index in [0.29, 0.717) is 31.5 Å². The normalized spacial score (nSPS) is 14.6. The predicted molar refractivity (Wildman–Crippen MR) is 82.8 cm³/mol.